The number of sulfonamides is 1. The Morgan fingerprint density at radius 2 is 2.00 bits per heavy atom. The Labute approximate surface area is 126 Å². The van der Waals surface area contributed by atoms with Crippen LogP contribution in [0.4, 0.5) is 5.69 Å². The molecule has 2 rings (SSSR count). The molecule has 0 amide bonds. The Balaban J connectivity index is 2.14. The summed E-state index contributed by atoms with van der Waals surface area (Å²) in [5.41, 5.74) is 6.41. The molecule has 1 fully saturated rings. The second-order valence-electron chi connectivity index (χ2n) is 6.60. The number of hydrogen-bond donors (Lipinski definition) is 1. The highest BCUT2D eigenvalue weighted by molar-refractivity contribution is 7.91. The van der Waals surface area contributed by atoms with Gasteiger partial charge in [0.05, 0.1) is 0 Å². The molecule has 2 N–H and O–H groups in total. The quantitative estimate of drug-likeness (QED) is 0.911. The van der Waals surface area contributed by atoms with Gasteiger partial charge in [0.25, 0.3) is 10.0 Å². The first-order valence-corrected chi connectivity index (χ1v) is 9.37. The maximum absolute atomic E-state index is 12.6. The SMILES string of the molecule is CC(C)(C)C1CCCN(S(=O)(=O)c2cc(N)cs2)CC1. The van der Waals surface area contributed by atoms with E-state index in [2.05, 4.69) is 20.8 Å². The van der Waals surface area contributed by atoms with Crippen LogP contribution in [0.5, 0.6) is 0 Å². The van der Waals surface area contributed by atoms with Crippen LogP contribution in [0.2, 0.25) is 0 Å². The summed E-state index contributed by atoms with van der Waals surface area (Å²) in [5.74, 6) is 0.580. The normalized spacial score (nSPS) is 22.6. The van der Waals surface area contributed by atoms with Crippen LogP contribution in [-0.4, -0.2) is 25.8 Å². The lowest BCUT2D eigenvalue weighted by Crippen LogP contribution is -2.32. The van der Waals surface area contributed by atoms with E-state index < -0.39 is 10.0 Å². The third kappa shape index (κ3) is 3.35. The van der Waals surface area contributed by atoms with E-state index >= 15 is 0 Å². The molecule has 114 valence electrons. The highest BCUT2D eigenvalue weighted by Crippen LogP contribution is 2.36. The molecule has 0 radical (unpaired) electrons. The molecule has 1 unspecified atom stereocenters. The minimum absolute atomic E-state index is 0.243. The van der Waals surface area contributed by atoms with Gasteiger partial charge in [-0.1, -0.05) is 20.8 Å². The van der Waals surface area contributed by atoms with Crippen molar-refractivity contribution in [3.05, 3.63) is 11.4 Å². The summed E-state index contributed by atoms with van der Waals surface area (Å²) in [7, 11) is -3.36. The van der Waals surface area contributed by atoms with Crippen molar-refractivity contribution < 1.29 is 8.42 Å². The van der Waals surface area contributed by atoms with Crippen LogP contribution in [0.15, 0.2) is 15.7 Å². The average molecular weight is 316 g/mol. The van der Waals surface area contributed by atoms with E-state index in [1.54, 1.807) is 15.8 Å². The Morgan fingerprint density at radius 3 is 2.55 bits per heavy atom. The van der Waals surface area contributed by atoms with Crippen LogP contribution in [0.25, 0.3) is 0 Å². The third-order valence-corrected chi connectivity index (χ3v) is 7.43. The molecule has 0 saturated carbocycles. The highest BCUT2D eigenvalue weighted by Gasteiger charge is 2.32. The molecule has 2 heterocycles. The lowest BCUT2D eigenvalue weighted by molar-refractivity contribution is 0.217. The zero-order valence-electron chi connectivity index (χ0n) is 12.4. The van der Waals surface area contributed by atoms with Gasteiger partial charge in [-0.3, -0.25) is 0 Å². The summed E-state index contributed by atoms with van der Waals surface area (Å²) < 4.78 is 27.2. The van der Waals surface area contributed by atoms with Gasteiger partial charge < -0.3 is 5.73 Å². The number of thiophene rings is 1. The van der Waals surface area contributed by atoms with Crippen LogP contribution in [0.3, 0.4) is 0 Å². The summed E-state index contributed by atoms with van der Waals surface area (Å²) in [5, 5.41) is 1.68. The molecule has 0 aliphatic carbocycles. The van der Waals surface area contributed by atoms with Crippen LogP contribution in [-0.2, 0) is 10.0 Å². The first-order chi connectivity index (χ1) is 9.21. The van der Waals surface area contributed by atoms with E-state index in [1.165, 1.54) is 11.3 Å². The molecule has 4 nitrogen and oxygen atoms in total. The van der Waals surface area contributed by atoms with Crippen molar-refractivity contribution in [1.29, 1.82) is 0 Å². The molecule has 1 aliphatic rings. The maximum Gasteiger partial charge on any atom is 0.252 e. The van der Waals surface area contributed by atoms with Crippen molar-refractivity contribution in [3.63, 3.8) is 0 Å². The second-order valence-corrected chi connectivity index (χ2v) is 9.67. The van der Waals surface area contributed by atoms with E-state index in [-0.39, 0.29) is 5.41 Å². The Kier molecular flexibility index (Phi) is 4.47. The monoisotopic (exact) mass is 316 g/mol. The van der Waals surface area contributed by atoms with E-state index in [4.69, 9.17) is 5.73 Å². The number of nitrogens with two attached hydrogens (primary N) is 1. The van der Waals surface area contributed by atoms with Gasteiger partial charge in [0.2, 0.25) is 0 Å². The second kappa shape index (κ2) is 5.66. The molecule has 0 spiro atoms. The maximum atomic E-state index is 12.6. The molecule has 1 aromatic heterocycles. The van der Waals surface area contributed by atoms with Gasteiger partial charge in [0, 0.05) is 24.2 Å². The van der Waals surface area contributed by atoms with Crippen molar-refractivity contribution in [3.8, 4) is 0 Å². The van der Waals surface area contributed by atoms with Gasteiger partial charge in [-0.05, 0) is 36.7 Å². The van der Waals surface area contributed by atoms with Crippen LogP contribution >= 0.6 is 11.3 Å². The van der Waals surface area contributed by atoms with Crippen molar-refractivity contribution in [1.82, 2.24) is 4.31 Å². The Bertz CT molecular complexity index is 558. The minimum atomic E-state index is -3.36. The molecule has 1 atom stereocenters. The molecular formula is C14H24N2O2S2. The molecule has 1 saturated heterocycles. The molecule has 1 aliphatic heterocycles. The molecule has 0 bridgehead atoms. The fourth-order valence-electron chi connectivity index (χ4n) is 2.77. The molecule has 6 heteroatoms. The average Bonchev–Trinajstić information content (AvgIpc) is 2.63. The van der Waals surface area contributed by atoms with E-state index in [0.29, 0.717) is 28.9 Å². The van der Waals surface area contributed by atoms with E-state index in [9.17, 15) is 8.42 Å². The van der Waals surface area contributed by atoms with Crippen molar-refractivity contribution in [2.24, 2.45) is 11.3 Å². The molecule has 0 aromatic carbocycles. The van der Waals surface area contributed by atoms with Gasteiger partial charge in [0.15, 0.2) is 0 Å². The van der Waals surface area contributed by atoms with Gasteiger partial charge in [-0.25, -0.2) is 8.42 Å². The Hall–Kier alpha value is -0.590. The first kappa shape index (κ1) is 15.8. The first-order valence-electron chi connectivity index (χ1n) is 7.05. The zero-order chi connectivity index (χ0) is 15.0. The lowest BCUT2D eigenvalue weighted by atomic mass is 9.77. The molecule has 1 aromatic rings. The van der Waals surface area contributed by atoms with Crippen molar-refractivity contribution >= 4 is 27.0 Å². The predicted molar refractivity (Wildman–Crippen MR) is 84.3 cm³/mol. The number of nitrogen functional groups attached to an aromatic ring is 1. The summed E-state index contributed by atoms with van der Waals surface area (Å²) >= 11 is 1.21. The number of hydrogen-bond acceptors (Lipinski definition) is 4. The van der Waals surface area contributed by atoms with Gasteiger partial charge >= 0.3 is 0 Å². The predicted octanol–water partition coefficient (Wildman–Crippen LogP) is 3.17. The smallest absolute Gasteiger partial charge is 0.252 e. The van der Waals surface area contributed by atoms with Crippen LogP contribution in [0.1, 0.15) is 40.0 Å². The molecule has 20 heavy (non-hydrogen) atoms. The van der Waals surface area contributed by atoms with Gasteiger partial charge in [-0.15, -0.1) is 11.3 Å². The fourth-order valence-corrected chi connectivity index (χ4v) is 5.50. The third-order valence-electron chi connectivity index (χ3n) is 4.10. The summed E-state index contributed by atoms with van der Waals surface area (Å²) in [4.78, 5) is 0. The van der Waals surface area contributed by atoms with Gasteiger partial charge in [0.1, 0.15) is 4.21 Å². The number of anilines is 1. The minimum Gasteiger partial charge on any atom is -0.398 e. The van der Waals surface area contributed by atoms with Crippen LogP contribution < -0.4 is 5.73 Å². The largest absolute Gasteiger partial charge is 0.398 e. The highest BCUT2D eigenvalue weighted by atomic mass is 32.2. The summed E-state index contributed by atoms with van der Waals surface area (Å²) in [6.45, 7) is 7.94. The van der Waals surface area contributed by atoms with Gasteiger partial charge in [-0.2, -0.15) is 4.31 Å². The lowest BCUT2D eigenvalue weighted by Gasteiger charge is -2.29. The zero-order valence-corrected chi connectivity index (χ0v) is 14.1. The summed E-state index contributed by atoms with van der Waals surface area (Å²) in [6, 6.07) is 1.56. The van der Waals surface area contributed by atoms with E-state index in [1.807, 2.05) is 0 Å². The standard InChI is InChI=1S/C14H24N2O2S2/c1-14(2,3)11-5-4-7-16(8-6-11)20(17,18)13-9-12(15)10-19-13/h9-11H,4-8,15H2,1-3H3. The Morgan fingerprint density at radius 1 is 1.30 bits per heavy atom. The summed E-state index contributed by atoms with van der Waals surface area (Å²) in [6.07, 6.45) is 2.97. The topological polar surface area (TPSA) is 63.4 Å². The van der Waals surface area contributed by atoms with E-state index in [0.717, 1.165) is 19.3 Å². The molecular weight excluding hydrogens is 292 g/mol. The fraction of sp³-hybridized carbons (Fsp3) is 0.714. The van der Waals surface area contributed by atoms with Crippen molar-refractivity contribution in [2.45, 2.75) is 44.2 Å². The van der Waals surface area contributed by atoms with Crippen molar-refractivity contribution in [2.75, 3.05) is 18.8 Å². The number of rotatable bonds is 2. The van der Waals surface area contributed by atoms with Crippen LogP contribution in [0, 0.1) is 11.3 Å². The number of nitrogens with zero attached hydrogens (tertiary/aromatic N) is 1.